The van der Waals surface area contributed by atoms with E-state index in [1.54, 1.807) is 0 Å². The summed E-state index contributed by atoms with van der Waals surface area (Å²) in [4.78, 5) is 2.36. The van der Waals surface area contributed by atoms with Crippen molar-refractivity contribution >= 4 is 0 Å². The lowest BCUT2D eigenvalue weighted by atomic mass is 10.1. The molecule has 108 valence electrons. The van der Waals surface area contributed by atoms with E-state index in [0.29, 0.717) is 6.54 Å². The average molecular weight is 273 g/mol. The van der Waals surface area contributed by atoms with Gasteiger partial charge in [-0.1, -0.05) is 35.5 Å². The number of nitrogens with two attached hydrogens (primary N) is 1. The largest absolute Gasteiger partial charge is 0.361 e. The Bertz CT molecular complexity index is 502. The molecule has 0 aliphatic rings. The van der Waals surface area contributed by atoms with Crippen molar-refractivity contribution in [2.24, 2.45) is 5.73 Å². The molecular formula is C16H23N3O. The lowest BCUT2D eigenvalue weighted by Gasteiger charge is -2.21. The molecule has 0 atom stereocenters. The molecule has 4 nitrogen and oxygen atoms in total. The predicted octanol–water partition coefficient (Wildman–Crippen LogP) is 2.29. The van der Waals surface area contributed by atoms with Crippen LogP contribution in [0.25, 0.3) is 0 Å². The van der Waals surface area contributed by atoms with Crippen LogP contribution in [-0.2, 0) is 13.0 Å². The van der Waals surface area contributed by atoms with E-state index >= 15 is 0 Å². The molecule has 4 heteroatoms. The number of aryl methyl sites for hydroxylation is 2. The van der Waals surface area contributed by atoms with Crippen molar-refractivity contribution in [2.45, 2.75) is 26.8 Å². The molecule has 20 heavy (non-hydrogen) atoms. The third kappa shape index (κ3) is 3.92. The third-order valence-corrected chi connectivity index (χ3v) is 3.57. The summed E-state index contributed by atoms with van der Waals surface area (Å²) in [5, 5.41) is 4.01. The normalized spacial score (nSPS) is 11.2. The summed E-state index contributed by atoms with van der Waals surface area (Å²) in [5.41, 5.74) is 9.24. The van der Waals surface area contributed by atoms with Gasteiger partial charge in [0.2, 0.25) is 0 Å². The zero-order valence-electron chi connectivity index (χ0n) is 12.3. The van der Waals surface area contributed by atoms with Crippen LogP contribution in [0.3, 0.4) is 0 Å². The maximum Gasteiger partial charge on any atom is 0.138 e. The summed E-state index contributed by atoms with van der Waals surface area (Å²) >= 11 is 0. The second-order valence-corrected chi connectivity index (χ2v) is 5.10. The molecule has 0 aliphatic heterocycles. The molecule has 1 aromatic heterocycles. The molecular weight excluding hydrogens is 250 g/mol. The second-order valence-electron chi connectivity index (χ2n) is 5.10. The first-order chi connectivity index (χ1) is 9.70. The molecule has 0 unspecified atom stereocenters. The fraction of sp³-hybridized carbons (Fsp3) is 0.438. The van der Waals surface area contributed by atoms with Gasteiger partial charge < -0.3 is 10.3 Å². The zero-order chi connectivity index (χ0) is 14.4. The number of hydrogen-bond acceptors (Lipinski definition) is 4. The smallest absolute Gasteiger partial charge is 0.138 e. The first-order valence-electron chi connectivity index (χ1n) is 7.09. The molecule has 2 N–H and O–H groups in total. The summed E-state index contributed by atoms with van der Waals surface area (Å²) in [6.07, 6.45) is 1.03. The van der Waals surface area contributed by atoms with E-state index in [2.05, 4.69) is 34.3 Å². The van der Waals surface area contributed by atoms with E-state index in [0.717, 1.165) is 37.5 Å². The quantitative estimate of drug-likeness (QED) is 0.841. The summed E-state index contributed by atoms with van der Waals surface area (Å²) in [6.45, 7) is 7.35. The van der Waals surface area contributed by atoms with Gasteiger partial charge in [0.15, 0.2) is 0 Å². The van der Waals surface area contributed by atoms with Crippen LogP contribution in [-0.4, -0.2) is 29.7 Å². The molecule has 0 radical (unpaired) electrons. The molecule has 0 bridgehead atoms. The van der Waals surface area contributed by atoms with Gasteiger partial charge in [-0.25, -0.2) is 0 Å². The lowest BCUT2D eigenvalue weighted by Crippen LogP contribution is -2.31. The van der Waals surface area contributed by atoms with Crippen molar-refractivity contribution in [3.8, 4) is 0 Å². The zero-order valence-corrected chi connectivity index (χ0v) is 12.3. The van der Waals surface area contributed by atoms with E-state index in [4.69, 9.17) is 10.3 Å². The average Bonchev–Trinajstić information content (AvgIpc) is 2.78. The maximum absolute atomic E-state index is 5.72. The van der Waals surface area contributed by atoms with E-state index < -0.39 is 0 Å². The second kappa shape index (κ2) is 7.22. The van der Waals surface area contributed by atoms with Gasteiger partial charge in [0.25, 0.3) is 0 Å². The highest BCUT2D eigenvalue weighted by molar-refractivity contribution is 5.20. The van der Waals surface area contributed by atoms with Crippen molar-refractivity contribution in [2.75, 3.05) is 19.6 Å². The Morgan fingerprint density at radius 1 is 1.15 bits per heavy atom. The fourth-order valence-electron chi connectivity index (χ4n) is 2.34. The standard InChI is InChI=1S/C16H23N3O/c1-13-16(14(2)20-18-13)12-19(11-9-17)10-8-15-6-4-3-5-7-15/h3-7H,8-12,17H2,1-2H3. The molecule has 2 aromatic rings. The van der Waals surface area contributed by atoms with Gasteiger partial charge in [0, 0.05) is 31.7 Å². The van der Waals surface area contributed by atoms with Crippen LogP contribution in [0.15, 0.2) is 34.9 Å². The molecule has 0 saturated carbocycles. The summed E-state index contributed by atoms with van der Waals surface area (Å²) in [7, 11) is 0. The van der Waals surface area contributed by atoms with Gasteiger partial charge in [0.1, 0.15) is 5.76 Å². The van der Waals surface area contributed by atoms with Crippen LogP contribution >= 0.6 is 0 Å². The Morgan fingerprint density at radius 3 is 2.50 bits per heavy atom. The van der Waals surface area contributed by atoms with Crippen molar-refractivity contribution in [3.05, 3.63) is 52.9 Å². The third-order valence-electron chi connectivity index (χ3n) is 3.57. The van der Waals surface area contributed by atoms with Crippen LogP contribution in [0.2, 0.25) is 0 Å². The van der Waals surface area contributed by atoms with Crippen LogP contribution in [0.1, 0.15) is 22.6 Å². The highest BCUT2D eigenvalue weighted by Gasteiger charge is 2.13. The van der Waals surface area contributed by atoms with E-state index in [9.17, 15) is 0 Å². The van der Waals surface area contributed by atoms with Crippen LogP contribution in [0.4, 0.5) is 0 Å². The van der Waals surface area contributed by atoms with Gasteiger partial charge in [-0.15, -0.1) is 0 Å². The number of rotatable bonds is 7. The van der Waals surface area contributed by atoms with Crippen LogP contribution in [0, 0.1) is 13.8 Å². The number of benzene rings is 1. The molecule has 0 amide bonds. The highest BCUT2D eigenvalue weighted by Crippen LogP contribution is 2.15. The first kappa shape index (κ1) is 14.8. The molecule has 2 rings (SSSR count). The molecule has 1 aromatic carbocycles. The van der Waals surface area contributed by atoms with Crippen molar-refractivity contribution in [1.82, 2.24) is 10.1 Å². The summed E-state index contributed by atoms with van der Waals surface area (Å²) < 4.78 is 5.23. The number of aromatic nitrogens is 1. The first-order valence-corrected chi connectivity index (χ1v) is 7.09. The van der Waals surface area contributed by atoms with Crippen molar-refractivity contribution in [3.63, 3.8) is 0 Å². The minimum Gasteiger partial charge on any atom is -0.361 e. The van der Waals surface area contributed by atoms with E-state index in [-0.39, 0.29) is 0 Å². The van der Waals surface area contributed by atoms with Crippen molar-refractivity contribution in [1.29, 1.82) is 0 Å². The minimum absolute atomic E-state index is 0.665. The maximum atomic E-state index is 5.72. The molecule has 0 spiro atoms. The van der Waals surface area contributed by atoms with Crippen LogP contribution in [0.5, 0.6) is 0 Å². The topological polar surface area (TPSA) is 55.3 Å². The van der Waals surface area contributed by atoms with Gasteiger partial charge in [-0.05, 0) is 25.8 Å². The van der Waals surface area contributed by atoms with E-state index in [1.165, 1.54) is 11.1 Å². The Labute approximate surface area is 120 Å². The van der Waals surface area contributed by atoms with Crippen molar-refractivity contribution < 1.29 is 4.52 Å². The Kier molecular flexibility index (Phi) is 5.32. The summed E-state index contributed by atoms with van der Waals surface area (Å²) in [6, 6.07) is 10.5. The monoisotopic (exact) mass is 273 g/mol. The van der Waals surface area contributed by atoms with Gasteiger partial charge in [-0.3, -0.25) is 4.90 Å². The molecule has 0 aliphatic carbocycles. The molecule has 1 heterocycles. The number of nitrogens with zero attached hydrogens (tertiary/aromatic N) is 2. The Morgan fingerprint density at radius 2 is 1.90 bits per heavy atom. The van der Waals surface area contributed by atoms with Gasteiger partial charge >= 0.3 is 0 Å². The number of hydrogen-bond donors (Lipinski definition) is 1. The Hall–Kier alpha value is -1.65. The molecule has 0 saturated heterocycles. The SMILES string of the molecule is Cc1noc(C)c1CN(CCN)CCc1ccccc1. The van der Waals surface area contributed by atoms with Gasteiger partial charge in [-0.2, -0.15) is 0 Å². The molecule has 0 fully saturated rings. The van der Waals surface area contributed by atoms with Crippen LogP contribution < -0.4 is 5.73 Å². The van der Waals surface area contributed by atoms with Gasteiger partial charge in [0.05, 0.1) is 5.69 Å². The van der Waals surface area contributed by atoms with E-state index in [1.807, 2.05) is 19.9 Å². The Balaban J connectivity index is 1.97. The minimum atomic E-state index is 0.665. The highest BCUT2D eigenvalue weighted by atomic mass is 16.5. The summed E-state index contributed by atoms with van der Waals surface area (Å²) in [5.74, 6) is 0.907. The fourth-order valence-corrected chi connectivity index (χ4v) is 2.34. The predicted molar refractivity (Wildman–Crippen MR) is 80.5 cm³/mol. The lowest BCUT2D eigenvalue weighted by molar-refractivity contribution is 0.274.